The van der Waals surface area contributed by atoms with Crippen molar-refractivity contribution in [3.05, 3.63) is 41.6 Å². The zero-order chi connectivity index (χ0) is 17.9. The summed E-state index contributed by atoms with van der Waals surface area (Å²) < 4.78 is 0. The smallest absolute Gasteiger partial charge is 0.259 e. The Balaban J connectivity index is 1.72. The van der Waals surface area contributed by atoms with Gasteiger partial charge in [-0.1, -0.05) is 29.8 Å². The van der Waals surface area contributed by atoms with Crippen molar-refractivity contribution in [2.24, 2.45) is 0 Å². The van der Waals surface area contributed by atoms with Crippen LogP contribution in [-0.2, 0) is 0 Å². The molecule has 2 aliphatic heterocycles. The fourth-order valence-corrected chi connectivity index (χ4v) is 3.80. The van der Waals surface area contributed by atoms with Crippen molar-refractivity contribution < 1.29 is 4.79 Å². The van der Waals surface area contributed by atoms with E-state index in [2.05, 4.69) is 28.9 Å². The topological polar surface area (TPSA) is 49.3 Å². The lowest BCUT2D eigenvalue weighted by atomic mass is 10.1. The molecule has 0 radical (unpaired) electrons. The Hall–Kier alpha value is -2.43. The van der Waals surface area contributed by atoms with Crippen molar-refractivity contribution in [1.29, 1.82) is 0 Å². The molecular weight excluding hydrogens is 324 g/mol. The number of amides is 1. The molecule has 1 aromatic carbocycles. The third kappa shape index (κ3) is 3.43. The molecule has 0 spiro atoms. The summed E-state index contributed by atoms with van der Waals surface area (Å²) in [6, 6.07) is 8.24. The van der Waals surface area contributed by atoms with Crippen LogP contribution in [0.25, 0.3) is 11.4 Å². The van der Waals surface area contributed by atoms with Crippen LogP contribution in [0.5, 0.6) is 0 Å². The minimum Gasteiger partial charge on any atom is -0.356 e. The number of anilines is 1. The molecule has 2 fully saturated rings. The van der Waals surface area contributed by atoms with E-state index in [1.54, 1.807) is 6.20 Å². The molecule has 2 aromatic rings. The lowest BCUT2D eigenvalue weighted by molar-refractivity contribution is 0.0792. The monoisotopic (exact) mass is 350 g/mol. The van der Waals surface area contributed by atoms with Crippen molar-refractivity contribution in [2.75, 3.05) is 31.1 Å². The molecule has 0 N–H and O–H groups in total. The number of hydrogen-bond donors (Lipinski definition) is 0. The van der Waals surface area contributed by atoms with Crippen molar-refractivity contribution in [3.8, 4) is 11.4 Å². The standard InChI is InChI=1S/C21H26N4O/c1-16-7-9-17(10-8-16)19-22-15-18(21(26)25-13-5-6-14-25)20(23-19)24-11-3-2-4-12-24/h7-10,15H,2-6,11-14H2,1H3. The number of aromatic nitrogens is 2. The van der Waals surface area contributed by atoms with Gasteiger partial charge in [-0.15, -0.1) is 0 Å². The van der Waals surface area contributed by atoms with Crippen molar-refractivity contribution in [1.82, 2.24) is 14.9 Å². The summed E-state index contributed by atoms with van der Waals surface area (Å²) in [5.74, 6) is 1.59. The first kappa shape index (κ1) is 17.0. The minimum absolute atomic E-state index is 0.0820. The number of nitrogens with zero attached hydrogens (tertiary/aromatic N) is 4. The minimum atomic E-state index is 0.0820. The van der Waals surface area contributed by atoms with Gasteiger partial charge in [-0.25, -0.2) is 9.97 Å². The molecule has 136 valence electrons. The summed E-state index contributed by atoms with van der Waals surface area (Å²) >= 11 is 0. The summed E-state index contributed by atoms with van der Waals surface area (Å²) in [6.07, 6.45) is 7.48. The first-order chi connectivity index (χ1) is 12.7. The van der Waals surface area contributed by atoms with E-state index in [1.807, 2.05) is 17.0 Å². The number of carbonyl (C=O) groups is 1. The Morgan fingerprint density at radius 1 is 0.923 bits per heavy atom. The fourth-order valence-electron chi connectivity index (χ4n) is 3.80. The number of likely N-dealkylation sites (tertiary alicyclic amines) is 1. The lowest BCUT2D eigenvalue weighted by Crippen LogP contribution is -2.35. The van der Waals surface area contributed by atoms with E-state index >= 15 is 0 Å². The second kappa shape index (κ2) is 7.44. The van der Waals surface area contributed by atoms with Crippen LogP contribution in [0.1, 0.15) is 48.0 Å². The van der Waals surface area contributed by atoms with E-state index < -0.39 is 0 Å². The Morgan fingerprint density at radius 3 is 2.27 bits per heavy atom. The maximum absolute atomic E-state index is 13.0. The Bertz CT molecular complexity index is 775. The van der Waals surface area contributed by atoms with Gasteiger partial charge in [0.15, 0.2) is 5.82 Å². The normalized spacial score (nSPS) is 17.6. The highest BCUT2D eigenvalue weighted by atomic mass is 16.2. The van der Waals surface area contributed by atoms with E-state index in [4.69, 9.17) is 4.98 Å². The van der Waals surface area contributed by atoms with Crippen LogP contribution in [0.4, 0.5) is 5.82 Å². The molecule has 1 amide bonds. The highest BCUT2D eigenvalue weighted by molar-refractivity contribution is 5.99. The number of carbonyl (C=O) groups excluding carboxylic acids is 1. The molecule has 0 aliphatic carbocycles. The first-order valence-electron chi connectivity index (χ1n) is 9.71. The molecule has 1 aromatic heterocycles. The molecule has 4 rings (SSSR count). The number of hydrogen-bond acceptors (Lipinski definition) is 4. The van der Waals surface area contributed by atoms with Gasteiger partial charge >= 0.3 is 0 Å². The Morgan fingerprint density at radius 2 is 1.58 bits per heavy atom. The number of benzene rings is 1. The van der Waals surface area contributed by atoms with Crippen molar-refractivity contribution >= 4 is 11.7 Å². The van der Waals surface area contributed by atoms with Crippen LogP contribution in [-0.4, -0.2) is 47.0 Å². The second-order valence-electron chi connectivity index (χ2n) is 7.34. The predicted octanol–water partition coefficient (Wildman–Crippen LogP) is 3.68. The number of aryl methyl sites for hydroxylation is 1. The maximum atomic E-state index is 13.0. The fraction of sp³-hybridized carbons (Fsp3) is 0.476. The number of rotatable bonds is 3. The molecule has 5 nitrogen and oxygen atoms in total. The second-order valence-corrected chi connectivity index (χ2v) is 7.34. The van der Waals surface area contributed by atoms with E-state index in [0.717, 1.165) is 63.2 Å². The molecule has 2 aliphatic rings. The summed E-state index contributed by atoms with van der Waals surface area (Å²) in [7, 11) is 0. The van der Waals surface area contributed by atoms with Crippen LogP contribution in [0, 0.1) is 6.92 Å². The molecule has 0 saturated carbocycles. The first-order valence-corrected chi connectivity index (χ1v) is 9.71. The lowest BCUT2D eigenvalue weighted by Gasteiger charge is -2.30. The van der Waals surface area contributed by atoms with Crippen molar-refractivity contribution in [2.45, 2.75) is 39.0 Å². The average Bonchev–Trinajstić information content (AvgIpc) is 3.23. The quantitative estimate of drug-likeness (QED) is 0.847. The molecule has 0 unspecified atom stereocenters. The van der Waals surface area contributed by atoms with E-state index in [1.165, 1.54) is 12.0 Å². The van der Waals surface area contributed by atoms with Gasteiger partial charge in [-0.05, 0) is 39.0 Å². The van der Waals surface area contributed by atoms with E-state index in [9.17, 15) is 4.79 Å². The summed E-state index contributed by atoms with van der Waals surface area (Å²) in [5, 5.41) is 0. The van der Waals surface area contributed by atoms with E-state index in [-0.39, 0.29) is 5.91 Å². The van der Waals surface area contributed by atoms with Gasteiger partial charge in [0.25, 0.3) is 5.91 Å². The highest BCUT2D eigenvalue weighted by Gasteiger charge is 2.26. The highest BCUT2D eigenvalue weighted by Crippen LogP contribution is 2.27. The SMILES string of the molecule is Cc1ccc(-c2ncc(C(=O)N3CCCC3)c(N3CCCCC3)n2)cc1. The third-order valence-electron chi connectivity index (χ3n) is 5.36. The summed E-state index contributed by atoms with van der Waals surface area (Å²) in [4.78, 5) is 26.6. The molecular formula is C21H26N4O. The van der Waals surface area contributed by atoms with Crippen molar-refractivity contribution in [3.63, 3.8) is 0 Å². The zero-order valence-electron chi connectivity index (χ0n) is 15.4. The maximum Gasteiger partial charge on any atom is 0.259 e. The average molecular weight is 350 g/mol. The van der Waals surface area contributed by atoms with Gasteiger partial charge < -0.3 is 9.80 Å². The van der Waals surface area contributed by atoms with Gasteiger partial charge in [0.2, 0.25) is 0 Å². The largest absolute Gasteiger partial charge is 0.356 e. The van der Waals surface area contributed by atoms with Gasteiger partial charge in [0.1, 0.15) is 11.4 Å². The third-order valence-corrected chi connectivity index (χ3v) is 5.36. The molecule has 0 bridgehead atoms. The van der Waals surface area contributed by atoms with Gasteiger partial charge in [-0.2, -0.15) is 0 Å². The molecule has 2 saturated heterocycles. The number of piperidine rings is 1. The summed E-state index contributed by atoms with van der Waals surface area (Å²) in [5.41, 5.74) is 2.87. The molecule has 5 heteroatoms. The van der Waals surface area contributed by atoms with Crippen LogP contribution in [0.2, 0.25) is 0 Å². The summed E-state index contributed by atoms with van der Waals surface area (Å²) in [6.45, 7) is 5.69. The van der Waals surface area contributed by atoms with Crippen LogP contribution < -0.4 is 4.90 Å². The van der Waals surface area contributed by atoms with Crippen LogP contribution in [0.3, 0.4) is 0 Å². The zero-order valence-corrected chi connectivity index (χ0v) is 15.4. The molecule has 0 atom stereocenters. The van der Waals surface area contributed by atoms with E-state index in [0.29, 0.717) is 11.4 Å². The van der Waals surface area contributed by atoms with Gasteiger partial charge in [0, 0.05) is 37.9 Å². The predicted molar refractivity (Wildman–Crippen MR) is 103 cm³/mol. The molecule has 3 heterocycles. The van der Waals surface area contributed by atoms with Gasteiger partial charge in [-0.3, -0.25) is 4.79 Å². The van der Waals surface area contributed by atoms with Crippen LogP contribution >= 0.6 is 0 Å². The van der Waals surface area contributed by atoms with Crippen LogP contribution in [0.15, 0.2) is 30.5 Å². The molecule has 26 heavy (non-hydrogen) atoms. The van der Waals surface area contributed by atoms with Gasteiger partial charge in [0.05, 0.1) is 0 Å². The Labute approximate surface area is 155 Å². The Kier molecular flexibility index (Phi) is 4.87.